The van der Waals surface area contributed by atoms with Gasteiger partial charge in [0.05, 0.1) is 11.2 Å². The summed E-state index contributed by atoms with van der Waals surface area (Å²) in [5.74, 6) is 0. The van der Waals surface area contributed by atoms with E-state index in [0.29, 0.717) is 0 Å². The van der Waals surface area contributed by atoms with Crippen LogP contribution in [0.5, 0.6) is 0 Å². The Balaban J connectivity index is 2.47. The van der Waals surface area contributed by atoms with Gasteiger partial charge in [0.15, 0.2) is 0 Å². The summed E-state index contributed by atoms with van der Waals surface area (Å²) in [4.78, 5) is 10.8. The molecule has 0 amide bonds. The average Bonchev–Trinajstić information content (AvgIpc) is 2.26. The van der Waals surface area contributed by atoms with Gasteiger partial charge in [-0.25, -0.2) is 0 Å². The van der Waals surface area contributed by atoms with Crippen molar-refractivity contribution in [1.29, 1.82) is 0 Å². The standard InChI is InChI=1S/C12H13BrClN3/c1-8(14)7-17(2)11-3-4-15-10-5-9(13)6-16-12(10)11/h3-6,8H,7H2,1-2H3. The molecule has 0 bridgehead atoms. The maximum absolute atomic E-state index is 6.01. The van der Waals surface area contributed by atoms with Crippen molar-refractivity contribution in [3.8, 4) is 0 Å². The van der Waals surface area contributed by atoms with Crippen LogP contribution in [0.1, 0.15) is 6.92 Å². The van der Waals surface area contributed by atoms with Crippen LogP contribution in [0.2, 0.25) is 0 Å². The lowest BCUT2D eigenvalue weighted by Crippen LogP contribution is -2.24. The van der Waals surface area contributed by atoms with E-state index in [4.69, 9.17) is 11.6 Å². The number of rotatable bonds is 3. The van der Waals surface area contributed by atoms with Gasteiger partial charge in [-0.1, -0.05) is 0 Å². The third-order valence-corrected chi connectivity index (χ3v) is 3.03. The molecule has 1 unspecified atom stereocenters. The Morgan fingerprint density at radius 1 is 1.47 bits per heavy atom. The van der Waals surface area contributed by atoms with Crippen LogP contribution in [0.4, 0.5) is 5.69 Å². The highest BCUT2D eigenvalue weighted by molar-refractivity contribution is 9.10. The molecule has 2 aromatic heterocycles. The summed E-state index contributed by atoms with van der Waals surface area (Å²) in [6.45, 7) is 2.75. The van der Waals surface area contributed by atoms with Crippen molar-refractivity contribution in [3.05, 3.63) is 29.0 Å². The van der Waals surface area contributed by atoms with Crippen molar-refractivity contribution in [2.24, 2.45) is 0 Å². The normalized spacial score (nSPS) is 12.7. The van der Waals surface area contributed by atoms with Gasteiger partial charge in [-0.05, 0) is 35.0 Å². The van der Waals surface area contributed by atoms with Gasteiger partial charge in [0, 0.05) is 35.8 Å². The van der Waals surface area contributed by atoms with Gasteiger partial charge in [0.25, 0.3) is 0 Å². The predicted octanol–water partition coefficient (Wildman–Crippen LogP) is 3.46. The van der Waals surface area contributed by atoms with E-state index in [2.05, 4.69) is 30.8 Å². The highest BCUT2D eigenvalue weighted by atomic mass is 79.9. The lowest BCUT2D eigenvalue weighted by Gasteiger charge is -2.21. The molecule has 0 aliphatic carbocycles. The van der Waals surface area contributed by atoms with E-state index in [9.17, 15) is 0 Å². The van der Waals surface area contributed by atoms with Crippen molar-refractivity contribution < 1.29 is 0 Å². The molecule has 90 valence electrons. The zero-order valence-corrected chi connectivity index (χ0v) is 12.0. The Morgan fingerprint density at radius 3 is 2.94 bits per heavy atom. The maximum Gasteiger partial charge on any atom is 0.112 e. The highest BCUT2D eigenvalue weighted by Crippen LogP contribution is 2.24. The Bertz CT molecular complexity index is 530. The second kappa shape index (κ2) is 5.19. The van der Waals surface area contributed by atoms with Crippen LogP contribution in [0.3, 0.4) is 0 Å². The number of halogens is 2. The minimum atomic E-state index is 0.0960. The van der Waals surface area contributed by atoms with Gasteiger partial charge in [-0.2, -0.15) is 0 Å². The molecule has 1 atom stereocenters. The van der Waals surface area contributed by atoms with Gasteiger partial charge in [-0.3, -0.25) is 9.97 Å². The van der Waals surface area contributed by atoms with E-state index in [1.165, 1.54) is 0 Å². The first-order chi connectivity index (χ1) is 8.08. The van der Waals surface area contributed by atoms with Crippen LogP contribution in [0.25, 0.3) is 11.0 Å². The maximum atomic E-state index is 6.01. The number of anilines is 1. The molecule has 0 spiro atoms. The third kappa shape index (κ3) is 2.87. The van der Waals surface area contributed by atoms with E-state index in [1.54, 1.807) is 12.4 Å². The summed E-state index contributed by atoms with van der Waals surface area (Å²) >= 11 is 9.41. The lowest BCUT2D eigenvalue weighted by atomic mass is 10.2. The molecule has 3 nitrogen and oxygen atoms in total. The molecule has 5 heteroatoms. The van der Waals surface area contributed by atoms with Gasteiger partial charge in [0.2, 0.25) is 0 Å². The Hall–Kier alpha value is -0.870. The zero-order valence-electron chi connectivity index (χ0n) is 9.69. The topological polar surface area (TPSA) is 29.0 Å². The number of nitrogens with zero attached hydrogens (tertiary/aromatic N) is 3. The SMILES string of the molecule is CC(Cl)CN(C)c1ccnc2cc(Br)cnc12. The molecule has 0 aromatic carbocycles. The predicted molar refractivity (Wildman–Crippen MR) is 75.8 cm³/mol. The second-order valence-corrected chi connectivity index (χ2v) is 5.67. The molecular weight excluding hydrogens is 302 g/mol. The molecule has 2 rings (SSSR count). The van der Waals surface area contributed by atoms with Gasteiger partial charge in [0.1, 0.15) is 5.52 Å². The summed E-state index contributed by atoms with van der Waals surface area (Å²) in [6, 6.07) is 3.92. The monoisotopic (exact) mass is 313 g/mol. The van der Waals surface area contributed by atoms with Crippen LogP contribution >= 0.6 is 27.5 Å². The number of pyridine rings is 2. The van der Waals surface area contributed by atoms with Crippen LogP contribution < -0.4 is 4.90 Å². The fraction of sp³-hybridized carbons (Fsp3) is 0.333. The molecule has 17 heavy (non-hydrogen) atoms. The largest absolute Gasteiger partial charge is 0.371 e. The summed E-state index contributed by atoms with van der Waals surface area (Å²) in [6.07, 6.45) is 3.58. The van der Waals surface area contributed by atoms with Crippen molar-refractivity contribution in [2.45, 2.75) is 12.3 Å². The van der Waals surface area contributed by atoms with Gasteiger partial charge >= 0.3 is 0 Å². The van der Waals surface area contributed by atoms with E-state index in [0.717, 1.165) is 27.7 Å². The zero-order chi connectivity index (χ0) is 12.4. The lowest BCUT2D eigenvalue weighted by molar-refractivity contribution is 0.860. The number of aromatic nitrogens is 2. The minimum Gasteiger partial charge on any atom is -0.371 e. The van der Waals surface area contributed by atoms with Crippen LogP contribution in [-0.2, 0) is 0 Å². The first kappa shape index (κ1) is 12.6. The smallest absolute Gasteiger partial charge is 0.112 e. The Labute approximate surface area is 114 Å². The van der Waals surface area contributed by atoms with Crippen molar-refractivity contribution in [3.63, 3.8) is 0 Å². The van der Waals surface area contributed by atoms with E-state index in [-0.39, 0.29) is 5.38 Å². The van der Waals surface area contributed by atoms with Crippen molar-refractivity contribution >= 4 is 44.3 Å². The number of hydrogen-bond acceptors (Lipinski definition) is 3. The molecule has 0 aliphatic heterocycles. The Morgan fingerprint density at radius 2 is 2.24 bits per heavy atom. The molecule has 0 N–H and O–H groups in total. The quantitative estimate of drug-likeness (QED) is 0.813. The van der Waals surface area contributed by atoms with E-state index < -0.39 is 0 Å². The molecule has 0 aliphatic rings. The first-order valence-electron chi connectivity index (χ1n) is 5.33. The summed E-state index contributed by atoms with van der Waals surface area (Å²) in [5, 5.41) is 0.0960. The summed E-state index contributed by atoms with van der Waals surface area (Å²) < 4.78 is 0.933. The summed E-state index contributed by atoms with van der Waals surface area (Å²) in [7, 11) is 2.01. The molecule has 0 fully saturated rings. The van der Waals surface area contributed by atoms with Gasteiger partial charge < -0.3 is 4.90 Å². The number of hydrogen-bond donors (Lipinski definition) is 0. The first-order valence-corrected chi connectivity index (χ1v) is 6.56. The third-order valence-electron chi connectivity index (χ3n) is 2.46. The van der Waals surface area contributed by atoms with Crippen molar-refractivity contribution in [2.75, 3.05) is 18.5 Å². The second-order valence-electron chi connectivity index (χ2n) is 4.01. The highest BCUT2D eigenvalue weighted by Gasteiger charge is 2.10. The van der Waals surface area contributed by atoms with Gasteiger partial charge in [-0.15, -0.1) is 11.6 Å². The molecule has 2 aromatic rings. The molecule has 2 heterocycles. The van der Waals surface area contributed by atoms with Crippen LogP contribution in [-0.4, -0.2) is 28.9 Å². The van der Waals surface area contributed by atoms with E-state index >= 15 is 0 Å². The summed E-state index contributed by atoms with van der Waals surface area (Å²) in [5.41, 5.74) is 2.83. The average molecular weight is 315 g/mol. The molecular formula is C12H13BrClN3. The van der Waals surface area contributed by atoms with Crippen molar-refractivity contribution in [1.82, 2.24) is 9.97 Å². The molecule has 0 saturated carbocycles. The molecule has 0 saturated heterocycles. The minimum absolute atomic E-state index is 0.0960. The number of alkyl halides is 1. The van der Waals surface area contributed by atoms with Crippen LogP contribution in [0, 0.1) is 0 Å². The number of fused-ring (bicyclic) bond motifs is 1. The fourth-order valence-electron chi connectivity index (χ4n) is 1.78. The van der Waals surface area contributed by atoms with E-state index in [1.807, 2.05) is 26.1 Å². The fourth-order valence-corrected chi connectivity index (χ4v) is 2.30. The Kier molecular flexibility index (Phi) is 3.84. The molecule has 0 radical (unpaired) electrons. The van der Waals surface area contributed by atoms with Crippen LogP contribution in [0.15, 0.2) is 29.0 Å².